The summed E-state index contributed by atoms with van der Waals surface area (Å²) >= 11 is 0. The van der Waals surface area contributed by atoms with Crippen molar-refractivity contribution in [2.24, 2.45) is 5.73 Å². The molecule has 0 heterocycles. The molecule has 4 heteroatoms. The van der Waals surface area contributed by atoms with E-state index in [-0.39, 0.29) is 5.91 Å². The minimum Gasteiger partial charge on any atom is -0.376 e. The van der Waals surface area contributed by atoms with Crippen molar-refractivity contribution < 1.29 is 9.53 Å². The van der Waals surface area contributed by atoms with Crippen LogP contribution in [0.1, 0.15) is 41.6 Å². The van der Waals surface area contributed by atoms with E-state index in [1.165, 1.54) is 12.8 Å². The van der Waals surface area contributed by atoms with Crippen molar-refractivity contribution in [3.63, 3.8) is 0 Å². The standard InChI is InChI=1S/C17H22N2O2/c18-10-4-6-14-5-3-7-15(13-14)17(20)19-11-12-21-16-8-1-2-9-16/h3,5,7,13,16H,1-2,8-12,18H2,(H,19,20). The first kappa shape index (κ1) is 15.6. The largest absolute Gasteiger partial charge is 0.376 e. The Bertz CT molecular complexity index is 525. The Morgan fingerprint density at radius 3 is 2.95 bits per heavy atom. The van der Waals surface area contributed by atoms with Crippen LogP contribution in [0.15, 0.2) is 24.3 Å². The maximum atomic E-state index is 12.0. The van der Waals surface area contributed by atoms with Crippen LogP contribution in [0.5, 0.6) is 0 Å². The molecule has 3 N–H and O–H groups in total. The van der Waals surface area contributed by atoms with E-state index in [1.807, 2.05) is 12.1 Å². The zero-order valence-electron chi connectivity index (χ0n) is 12.2. The summed E-state index contributed by atoms with van der Waals surface area (Å²) in [6.45, 7) is 1.42. The van der Waals surface area contributed by atoms with Gasteiger partial charge in [0.25, 0.3) is 5.91 Å². The normalized spacial score (nSPS) is 14.5. The van der Waals surface area contributed by atoms with Crippen molar-refractivity contribution >= 4 is 5.91 Å². The summed E-state index contributed by atoms with van der Waals surface area (Å²) in [4.78, 5) is 12.0. The number of hydrogen-bond donors (Lipinski definition) is 2. The lowest BCUT2D eigenvalue weighted by atomic mass is 10.1. The van der Waals surface area contributed by atoms with E-state index in [1.54, 1.807) is 12.1 Å². The van der Waals surface area contributed by atoms with Crippen molar-refractivity contribution in [1.82, 2.24) is 5.32 Å². The molecule has 21 heavy (non-hydrogen) atoms. The first-order chi connectivity index (χ1) is 10.3. The molecule has 0 aliphatic heterocycles. The zero-order chi connectivity index (χ0) is 14.9. The molecular formula is C17H22N2O2. The lowest BCUT2D eigenvalue weighted by Gasteiger charge is -2.11. The van der Waals surface area contributed by atoms with Crippen molar-refractivity contribution in [2.75, 3.05) is 19.7 Å². The number of carbonyl (C=O) groups is 1. The number of nitrogens with one attached hydrogen (secondary N) is 1. The third-order valence-electron chi connectivity index (χ3n) is 3.50. The van der Waals surface area contributed by atoms with Crippen LogP contribution in [-0.2, 0) is 4.74 Å². The van der Waals surface area contributed by atoms with E-state index >= 15 is 0 Å². The number of ether oxygens (including phenoxy) is 1. The molecule has 4 nitrogen and oxygen atoms in total. The predicted molar refractivity (Wildman–Crippen MR) is 82.9 cm³/mol. The van der Waals surface area contributed by atoms with Crippen LogP contribution in [-0.4, -0.2) is 31.7 Å². The van der Waals surface area contributed by atoms with Crippen molar-refractivity contribution in [2.45, 2.75) is 31.8 Å². The number of hydrogen-bond acceptors (Lipinski definition) is 3. The third-order valence-corrected chi connectivity index (χ3v) is 3.50. The molecule has 1 amide bonds. The first-order valence-corrected chi connectivity index (χ1v) is 7.48. The average Bonchev–Trinajstić information content (AvgIpc) is 3.03. The highest BCUT2D eigenvalue weighted by Gasteiger charge is 2.14. The summed E-state index contributed by atoms with van der Waals surface area (Å²) in [5.41, 5.74) is 6.75. The fraction of sp³-hybridized carbons (Fsp3) is 0.471. The highest BCUT2D eigenvalue weighted by Crippen LogP contribution is 2.20. The molecule has 2 rings (SSSR count). The monoisotopic (exact) mass is 286 g/mol. The Morgan fingerprint density at radius 1 is 1.38 bits per heavy atom. The van der Waals surface area contributed by atoms with Crippen LogP contribution in [0.4, 0.5) is 0 Å². The molecule has 1 fully saturated rings. The molecular weight excluding hydrogens is 264 g/mol. The van der Waals surface area contributed by atoms with Gasteiger partial charge in [0.2, 0.25) is 0 Å². The van der Waals surface area contributed by atoms with Crippen LogP contribution in [0.25, 0.3) is 0 Å². The highest BCUT2D eigenvalue weighted by molar-refractivity contribution is 5.94. The molecule has 1 aliphatic carbocycles. The molecule has 0 atom stereocenters. The van der Waals surface area contributed by atoms with Gasteiger partial charge in [0.05, 0.1) is 19.3 Å². The number of nitrogens with two attached hydrogens (primary N) is 1. The van der Waals surface area contributed by atoms with Gasteiger partial charge in [-0.05, 0) is 31.0 Å². The van der Waals surface area contributed by atoms with Gasteiger partial charge < -0.3 is 15.8 Å². The number of amides is 1. The quantitative estimate of drug-likeness (QED) is 0.639. The van der Waals surface area contributed by atoms with Gasteiger partial charge >= 0.3 is 0 Å². The van der Waals surface area contributed by atoms with Gasteiger partial charge in [-0.1, -0.05) is 30.7 Å². The summed E-state index contributed by atoms with van der Waals surface area (Å²) in [5, 5.41) is 2.87. The summed E-state index contributed by atoms with van der Waals surface area (Å²) in [6, 6.07) is 7.24. The average molecular weight is 286 g/mol. The van der Waals surface area contributed by atoms with Gasteiger partial charge in [0.1, 0.15) is 0 Å². The Morgan fingerprint density at radius 2 is 2.19 bits per heavy atom. The Kier molecular flexibility index (Phi) is 6.26. The minimum atomic E-state index is -0.0959. The van der Waals surface area contributed by atoms with Crippen LogP contribution in [0, 0.1) is 11.8 Å². The first-order valence-electron chi connectivity index (χ1n) is 7.48. The summed E-state index contributed by atoms with van der Waals surface area (Å²) in [5.74, 6) is 5.61. The van der Waals surface area contributed by atoms with Gasteiger partial charge in [-0.2, -0.15) is 0 Å². The Hall–Kier alpha value is -1.83. The van der Waals surface area contributed by atoms with Crippen molar-refractivity contribution in [3.05, 3.63) is 35.4 Å². The minimum absolute atomic E-state index is 0.0959. The van der Waals surface area contributed by atoms with Gasteiger partial charge in [0.15, 0.2) is 0 Å². The second-order valence-electron chi connectivity index (χ2n) is 5.12. The van der Waals surface area contributed by atoms with E-state index in [0.717, 1.165) is 18.4 Å². The smallest absolute Gasteiger partial charge is 0.251 e. The molecule has 1 aromatic rings. The predicted octanol–water partition coefficient (Wildman–Crippen LogP) is 1.69. The lowest BCUT2D eigenvalue weighted by molar-refractivity contribution is 0.0582. The number of benzene rings is 1. The molecule has 0 bridgehead atoms. The maximum Gasteiger partial charge on any atom is 0.251 e. The number of carbonyl (C=O) groups excluding carboxylic acids is 1. The highest BCUT2D eigenvalue weighted by atomic mass is 16.5. The fourth-order valence-corrected chi connectivity index (χ4v) is 2.44. The fourth-order valence-electron chi connectivity index (χ4n) is 2.44. The second kappa shape index (κ2) is 8.46. The molecule has 0 unspecified atom stereocenters. The van der Waals surface area contributed by atoms with Crippen molar-refractivity contribution in [1.29, 1.82) is 0 Å². The molecule has 1 aromatic carbocycles. The molecule has 1 aliphatic rings. The van der Waals surface area contributed by atoms with E-state index in [2.05, 4.69) is 17.2 Å². The van der Waals surface area contributed by atoms with Crippen LogP contribution in [0.3, 0.4) is 0 Å². The van der Waals surface area contributed by atoms with Gasteiger partial charge in [-0.25, -0.2) is 0 Å². The topological polar surface area (TPSA) is 64.4 Å². The Labute approximate surface area is 126 Å². The zero-order valence-corrected chi connectivity index (χ0v) is 12.2. The summed E-state index contributed by atoms with van der Waals surface area (Å²) < 4.78 is 5.72. The van der Waals surface area contributed by atoms with Crippen LogP contribution in [0.2, 0.25) is 0 Å². The lowest BCUT2D eigenvalue weighted by Crippen LogP contribution is -2.28. The second-order valence-corrected chi connectivity index (χ2v) is 5.12. The molecule has 0 spiro atoms. The van der Waals surface area contributed by atoms with E-state index < -0.39 is 0 Å². The summed E-state index contributed by atoms with van der Waals surface area (Å²) in [6.07, 6.45) is 5.20. The number of rotatable bonds is 5. The van der Waals surface area contributed by atoms with Gasteiger partial charge in [0, 0.05) is 17.7 Å². The third kappa shape index (κ3) is 5.22. The van der Waals surface area contributed by atoms with E-state index in [4.69, 9.17) is 10.5 Å². The Balaban J connectivity index is 1.77. The van der Waals surface area contributed by atoms with Crippen LogP contribution >= 0.6 is 0 Å². The summed E-state index contributed by atoms with van der Waals surface area (Å²) in [7, 11) is 0. The molecule has 0 saturated heterocycles. The SMILES string of the molecule is NCC#Cc1cccc(C(=O)NCCOC2CCCC2)c1. The maximum absolute atomic E-state index is 12.0. The molecule has 112 valence electrons. The molecule has 0 radical (unpaired) electrons. The van der Waals surface area contributed by atoms with Crippen molar-refractivity contribution in [3.8, 4) is 11.8 Å². The van der Waals surface area contributed by atoms with Crippen LogP contribution < -0.4 is 11.1 Å². The molecule has 0 aromatic heterocycles. The van der Waals surface area contributed by atoms with E-state index in [0.29, 0.717) is 31.4 Å². The van der Waals surface area contributed by atoms with Gasteiger partial charge in [-0.15, -0.1) is 0 Å². The van der Waals surface area contributed by atoms with E-state index in [9.17, 15) is 4.79 Å². The van der Waals surface area contributed by atoms with Gasteiger partial charge in [-0.3, -0.25) is 4.79 Å². The molecule has 1 saturated carbocycles.